The first kappa shape index (κ1) is 40.1. The molecule has 15 rings (SSSR count). The van der Waals surface area contributed by atoms with Crippen molar-refractivity contribution in [2.24, 2.45) is 0 Å². The Bertz CT molecular complexity index is 3890. The van der Waals surface area contributed by atoms with E-state index in [1.54, 1.807) is 0 Å². The van der Waals surface area contributed by atoms with E-state index in [2.05, 4.69) is 231 Å². The molecule has 2 aliphatic rings. The molecule has 0 unspecified atom stereocenters. The highest BCUT2D eigenvalue weighted by molar-refractivity contribution is 6.16. The number of pyridine rings is 1. The van der Waals surface area contributed by atoms with Gasteiger partial charge < -0.3 is 28.4 Å². The summed E-state index contributed by atoms with van der Waals surface area (Å²) in [7, 11) is 0. The van der Waals surface area contributed by atoms with Gasteiger partial charge in [0.1, 0.15) is 0 Å². The average Bonchev–Trinajstić information content (AvgIpc) is 3.96. The summed E-state index contributed by atoms with van der Waals surface area (Å²) in [5.41, 5.74) is 15.7. The first-order valence-corrected chi connectivity index (χ1v) is 24.3. The zero-order chi connectivity index (χ0) is 47.3. The molecule has 2 aliphatic heterocycles. The Balaban J connectivity index is 1.26. The quantitative estimate of drug-likeness (QED) is 0.166. The van der Waals surface area contributed by atoms with Crippen LogP contribution in [0.4, 0.5) is 34.1 Å². The number of aromatic nitrogens is 3. The van der Waals surface area contributed by atoms with Gasteiger partial charge in [-0.25, -0.2) is 0 Å². The van der Waals surface area contributed by atoms with E-state index >= 15 is 0 Å². The summed E-state index contributed by atoms with van der Waals surface area (Å²) in [5.74, 6) is 3.04. The zero-order valence-electron chi connectivity index (χ0n) is 38.7. The van der Waals surface area contributed by atoms with E-state index in [-0.39, 0.29) is 0 Å². The lowest BCUT2D eigenvalue weighted by molar-refractivity contribution is 0.477. The Morgan fingerprint density at radius 3 is 1.01 bits per heavy atom. The number of fused-ring (bicyclic) bond motifs is 10. The van der Waals surface area contributed by atoms with Crippen molar-refractivity contribution in [3.8, 4) is 56.8 Å². The van der Waals surface area contributed by atoms with Crippen molar-refractivity contribution in [3.05, 3.63) is 249 Å². The Hall–Kier alpha value is -9.85. The Morgan fingerprint density at radius 1 is 0.292 bits per heavy atom. The molecule has 0 fully saturated rings. The number of anilines is 6. The van der Waals surface area contributed by atoms with Crippen molar-refractivity contribution in [1.29, 1.82) is 0 Å². The highest BCUT2D eigenvalue weighted by Crippen LogP contribution is 2.60. The van der Waals surface area contributed by atoms with Crippen LogP contribution in [0, 0.1) is 0 Å². The summed E-state index contributed by atoms with van der Waals surface area (Å²) in [6, 6.07) is 86.2. The van der Waals surface area contributed by atoms with Crippen molar-refractivity contribution in [2.75, 3.05) is 9.80 Å². The molecular weight excluding hydrogens is 883 g/mol. The largest absolute Gasteiger partial charge is 0.453 e. The summed E-state index contributed by atoms with van der Waals surface area (Å²) in [6.45, 7) is 0. The molecule has 0 N–H and O–H groups in total. The first-order valence-electron chi connectivity index (χ1n) is 24.3. The van der Waals surface area contributed by atoms with Gasteiger partial charge in [0.05, 0.1) is 73.3 Å². The van der Waals surface area contributed by atoms with Crippen molar-refractivity contribution in [1.82, 2.24) is 14.1 Å². The molecule has 0 radical (unpaired) electrons. The second kappa shape index (κ2) is 15.8. The first-order chi connectivity index (χ1) is 35.8. The van der Waals surface area contributed by atoms with Crippen molar-refractivity contribution >= 4 is 77.7 Å². The van der Waals surface area contributed by atoms with Gasteiger partial charge in [0, 0.05) is 38.9 Å². The number of benzene rings is 10. The third-order valence-electron chi connectivity index (χ3n) is 14.3. The van der Waals surface area contributed by atoms with Gasteiger partial charge in [0.15, 0.2) is 23.0 Å². The minimum Gasteiger partial charge on any atom is -0.453 e. The average molecular weight is 924 g/mol. The lowest BCUT2D eigenvalue weighted by Gasteiger charge is -2.39. The number of nitrogens with zero attached hydrogens (tertiary/aromatic N) is 5. The van der Waals surface area contributed by atoms with Crippen LogP contribution in [-0.2, 0) is 0 Å². The normalized spacial score (nSPS) is 12.6. The van der Waals surface area contributed by atoms with E-state index in [4.69, 9.17) is 14.5 Å². The van der Waals surface area contributed by atoms with Crippen molar-refractivity contribution in [3.63, 3.8) is 0 Å². The maximum atomic E-state index is 6.82. The Labute approximate surface area is 414 Å². The lowest BCUT2D eigenvalue weighted by atomic mass is 9.91. The molecule has 0 amide bonds. The monoisotopic (exact) mass is 923 g/mol. The molecule has 0 aliphatic carbocycles. The fourth-order valence-corrected chi connectivity index (χ4v) is 11.4. The predicted octanol–water partition coefficient (Wildman–Crippen LogP) is 17.8. The van der Waals surface area contributed by atoms with Gasteiger partial charge in [-0.15, -0.1) is 0 Å². The van der Waals surface area contributed by atoms with Crippen LogP contribution < -0.4 is 19.3 Å². The van der Waals surface area contributed by atoms with E-state index in [9.17, 15) is 0 Å². The van der Waals surface area contributed by atoms with E-state index in [0.29, 0.717) is 0 Å². The molecule has 338 valence electrons. The van der Waals surface area contributed by atoms with Crippen LogP contribution in [-0.4, -0.2) is 14.1 Å². The van der Waals surface area contributed by atoms with Crippen molar-refractivity contribution in [2.45, 2.75) is 0 Å². The summed E-state index contributed by atoms with van der Waals surface area (Å²) >= 11 is 0. The maximum absolute atomic E-state index is 6.82. The summed E-state index contributed by atoms with van der Waals surface area (Å²) in [6.07, 6.45) is 1.89. The number of ether oxygens (including phenoxy) is 2. The molecular formula is C65H41N5O2. The fourth-order valence-electron chi connectivity index (χ4n) is 11.4. The maximum Gasteiger partial charge on any atom is 0.151 e. The van der Waals surface area contributed by atoms with Crippen LogP contribution in [0.2, 0.25) is 0 Å². The molecule has 3 aromatic heterocycles. The van der Waals surface area contributed by atoms with Crippen LogP contribution in [0.15, 0.2) is 249 Å². The number of hydrogen-bond acceptors (Lipinski definition) is 5. The minimum atomic E-state index is 0.759. The van der Waals surface area contributed by atoms with Gasteiger partial charge in [-0.1, -0.05) is 152 Å². The summed E-state index contributed by atoms with van der Waals surface area (Å²) < 4.78 is 18.7. The second-order valence-electron chi connectivity index (χ2n) is 18.2. The van der Waals surface area contributed by atoms with Crippen molar-refractivity contribution < 1.29 is 9.47 Å². The molecule has 7 heteroatoms. The van der Waals surface area contributed by atoms with Crippen LogP contribution in [0.1, 0.15) is 0 Å². The third-order valence-corrected chi connectivity index (χ3v) is 14.3. The molecule has 10 aromatic carbocycles. The highest BCUT2D eigenvalue weighted by atomic mass is 16.5. The molecule has 72 heavy (non-hydrogen) atoms. The van der Waals surface area contributed by atoms with E-state index in [1.165, 1.54) is 0 Å². The van der Waals surface area contributed by atoms with Gasteiger partial charge in [-0.2, -0.15) is 0 Å². The molecule has 13 aromatic rings. The number of para-hydroxylation sites is 12. The molecule has 0 saturated carbocycles. The molecule has 5 heterocycles. The van der Waals surface area contributed by atoms with Gasteiger partial charge in [0.2, 0.25) is 0 Å². The van der Waals surface area contributed by atoms with Gasteiger partial charge in [0.25, 0.3) is 0 Å². The Kier molecular flexibility index (Phi) is 8.82. The summed E-state index contributed by atoms with van der Waals surface area (Å²) in [5, 5.41) is 4.63. The van der Waals surface area contributed by atoms with Crippen LogP contribution in [0.5, 0.6) is 23.0 Å². The molecule has 7 nitrogen and oxygen atoms in total. The third kappa shape index (κ3) is 5.88. The Morgan fingerprint density at radius 2 is 0.625 bits per heavy atom. The number of rotatable bonds is 6. The SMILES string of the molecule is c1ccc(-c2ccccc2-c2c(-n3c4ccccc4c4ccccc43)c(N3c4ccccc4Oc4ccccc43)cc(N3c4ccccc4Oc4ccccc43)c2-n2c3ccccc3c3ccccc32)nc1. The highest BCUT2D eigenvalue weighted by Gasteiger charge is 2.37. The standard InChI is InChI=1S/C65H41N5O2/c1-2-26-47(42(21-1)48-27-19-20-40-66-48)63-64(69-49-28-7-3-22-43(49)44-23-4-8-29-50(44)69)57(67-53-32-11-15-36-59(53)71-60-37-16-12-33-54(60)67)41-58(68-55-34-13-17-38-61(55)72-62-39-18-14-35-56(62)68)65(63)70-51-30-9-5-24-45(51)46-25-6-10-31-52(46)70/h1-41H. The second-order valence-corrected chi connectivity index (χ2v) is 18.2. The predicted molar refractivity (Wildman–Crippen MR) is 293 cm³/mol. The molecule has 0 bridgehead atoms. The van der Waals surface area contributed by atoms with Gasteiger partial charge in [-0.3, -0.25) is 4.98 Å². The fraction of sp³-hybridized carbons (Fsp3) is 0. The number of hydrogen-bond donors (Lipinski definition) is 0. The minimum absolute atomic E-state index is 0.759. The smallest absolute Gasteiger partial charge is 0.151 e. The van der Waals surface area contributed by atoms with E-state index in [1.807, 2.05) is 36.5 Å². The van der Waals surface area contributed by atoms with E-state index in [0.717, 1.165) is 134 Å². The summed E-state index contributed by atoms with van der Waals surface area (Å²) in [4.78, 5) is 9.92. The molecule has 0 saturated heterocycles. The van der Waals surface area contributed by atoms with Crippen LogP contribution in [0.3, 0.4) is 0 Å². The van der Waals surface area contributed by atoms with E-state index < -0.39 is 0 Å². The zero-order valence-corrected chi connectivity index (χ0v) is 38.7. The van der Waals surface area contributed by atoms with Crippen LogP contribution in [0.25, 0.3) is 77.4 Å². The topological polar surface area (TPSA) is 47.7 Å². The molecule has 0 atom stereocenters. The molecule has 0 spiro atoms. The lowest BCUT2D eigenvalue weighted by Crippen LogP contribution is -2.22. The van der Waals surface area contributed by atoms with Gasteiger partial charge in [-0.05, 0) is 96.6 Å². The van der Waals surface area contributed by atoms with Crippen LogP contribution >= 0.6 is 0 Å². The van der Waals surface area contributed by atoms with Gasteiger partial charge >= 0.3 is 0 Å².